The number of carbonyl (C=O) groups is 2. The van der Waals surface area contributed by atoms with Gasteiger partial charge in [-0.15, -0.1) is 0 Å². The van der Waals surface area contributed by atoms with E-state index < -0.39 is 34.1 Å². The van der Waals surface area contributed by atoms with Crippen molar-refractivity contribution in [2.24, 2.45) is 0 Å². The summed E-state index contributed by atoms with van der Waals surface area (Å²) in [6, 6.07) is 13.0. The number of anilines is 1. The first kappa shape index (κ1) is 27.7. The van der Waals surface area contributed by atoms with Crippen LogP contribution in [0.3, 0.4) is 0 Å². The molecule has 1 N–H and O–H groups in total. The van der Waals surface area contributed by atoms with Crippen molar-refractivity contribution in [3.05, 3.63) is 58.6 Å². The van der Waals surface area contributed by atoms with Crippen LogP contribution >= 0.6 is 15.9 Å². The fourth-order valence-electron chi connectivity index (χ4n) is 3.27. The van der Waals surface area contributed by atoms with E-state index in [0.717, 1.165) is 16.1 Å². The van der Waals surface area contributed by atoms with Gasteiger partial charge in [0.2, 0.25) is 21.8 Å². The minimum absolute atomic E-state index is 0.102. The average Bonchev–Trinajstić information content (AvgIpc) is 2.73. The Morgan fingerprint density at radius 1 is 1.12 bits per heavy atom. The van der Waals surface area contributed by atoms with Crippen LogP contribution in [-0.4, -0.2) is 56.6 Å². The third-order valence-corrected chi connectivity index (χ3v) is 6.56. The summed E-state index contributed by atoms with van der Waals surface area (Å²) >= 11 is 3.34. The van der Waals surface area contributed by atoms with Gasteiger partial charge in [-0.1, -0.05) is 34.1 Å². The lowest BCUT2D eigenvalue weighted by molar-refractivity contribution is -0.140. The Hall–Kier alpha value is -2.59. The van der Waals surface area contributed by atoms with Crippen molar-refractivity contribution in [1.29, 1.82) is 0 Å². The number of hydrogen-bond acceptors (Lipinski definition) is 5. The van der Waals surface area contributed by atoms with Crippen LogP contribution < -0.4 is 14.4 Å². The van der Waals surface area contributed by atoms with Gasteiger partial charge in [0.1, 0.15) is 18.3 Å². The summed E-state index contributed by atoms with van der Waals surface area (Å²) in [6.07, 6.45) is 1.04. The number of nitrogens with zero attached hydrogens (tertiary/aromatic N) is 2. The van der Waals surface area contributed by atoms with Gasteiger partial charge in [-0.2, -0.15) is 0 Å². The third kappa shape index (κ3) is 8.02. The zero-order valence-electron chi connectivity index (χ0n) is 20.3. The third-order valence-electron chi connectivity index (χ3n) is 4.93. The Morgan fingerprint density at radius 3 is 2.32 bits per heavy atom. The highest BCUT2D eigenvalue weighted by Gasteiger charge is 2.31. The monoisotopic (exact) mass is 553 g/mol. The summed E-state index contributed by atoms with van der Waals surface area (Å²) in [4.78, 5) is 27.9. The second kappa shape index (κ2) is 11.2. The zero-order valence-corrected chi connectivity index (χ0v) is 22.7. The second-order valence-corrected chi connectivity index (χ2v) is 11.9. The van der Waals surface area contributed by atoms with E-state index in [-0.39, 0.29) is 12.5 Å². The number of halogens is 1. The van der Waals surface area contributed by atoms with Crippen molar-refractivity contribution >= 4 is 43.5 Å². The highest BCUT2D eigenvalue weighted by molar-refractivity contribution is 9.10. The van der Waals surface area contributed by atoms with Crippen molar-refractivity contribution < 1.29 is 22.7 Å². The van der Waals surface area contributed by atoms with Crippen LogP contribution in [0.25, 0.3) is 0 Å². The molecule has 0 radical (unpaired) electrons. The zero-order chi connectivity index (χ0) is 25.7. The molecule has 2 rings (SSSR count). The maximum Gasteiger partial charge on any atom is 0.244 e. The molecule has 2 amide bonds. The van der Waals surface area contributed by atoms with Gasteiger partial charge in [0.25, 0.3) is 0 Å². The Balaban J connectivity index is 2.42. The average molecular weight is 555 g/mol. The first-order valence-corrected chi connectivity index (χ1v) is 13.3. The molecule has 0 aliphatic carbocycles. The summed E-state index contributed by atoms with van der Waals surface area (Å²) in [5.41, 5.74) is 0.598. The SMILES string of the molecule is COc1cccc(CN(C(=O)CN(c2cccc(Br)c2)S(C)(=O)=O)C(C)C(=O)NC(C)(C)C)c1. The summed E-state index contributed by atoms with van der Waals surface area (Å²) in [5.74, 6) is -0.231. The minimum atomic E-state index is -3.78. The van der Waals surface area contributed by atoms with Gasteiger partial charge < -0.3 is 15.0 Å². The van der Waals surface area contributed by atoms with Gasteiger partial charge in [-0.3, -0.25) is 13.9 Å². The number of methoxy groups -OCH3 is 1. The molecule has 8 nitrogen and oxygen atoms in total. The standard InChI is InChI=1S/C24H32BrN3O5S/c1-17(23(30)26-24(2,3)4)27(15-18-9-7-12-21(13-18)33-5)22(29)16-28(34(6,31)32)20-11-8-10-19(25)14-20/h7-14,17H,15-16H2,1-6H3,(H,26,30). The lowest BCUT2D eigenvalue weighted by Gasteiger charge is -2.33. The van der Waals surface area contributed by atoms with E-state index in [9.17, 15) is 18.0 Å². The van der Waals surface area contributed by atoms with E-state index in [2.05, 4.69) is 21.2 Å². The lowest BCUT2D eigenvalue weighted by Crippen LogP contribution is -2.54. The highest BCUT2D eigenvalue weighted by Crippen LogP contribution is 2.23. The van der Waals surface area contributed by atoms with Crippen LogP contribution in [-0.2, 0) is 26.2 Å². The molecule has 10 heteroatoms. The van der Waals surface area contributed by atoms with Crippen LogP contribution in [0.4, 0.5) is 5.69 Å². The number of nitrogens with one attached hydrogen (secondary N) is 1. The minimum Gasteiger partial charge on any atom is -0.497 e. The molecule has 0 heterocycles. The summed E-state index contributed by atoms with van der Waals surface area (Å²) in [6.45, 7) is 6.83. The van der Waals surface area contributed by atoms with Crippen LogP contribution in [0.15, 0.2) is 53.0 Å². The highest BCUT2D eigenvalue weighted by atomic mass is 79.9. The van der Waals surface area contributed by atoms with Crippen LogP contribution in [0.1, 0.15) is 33.3 Å². The van der Waals surface area contributed by atoms with Gasteiger partial charge in [-0.05, 0) is 63.6 Å². The molecule has 0 aliphatic rings. The Labute approximate surface area is 210 Å². The first-order chi connectivity index (χ1) is 15.7. The predicted molar refractivity (Wildman–Crippen MR) is 137 cm³/mol. The molecule has 1 atom stereocenters. The summed E-state index contributed by atoms with van der Waals surface area (Å²) < 4.78 is 32.1. The second-order valence-electron chi connectivity index (χ2n) is 9.04. The molecular formula is C24H32BrN3O5S. The van der Waals surface area contributed by atoms with Crippen LogP contribution in [0, 0.1) is 0 Å². The van der Waals surface area contributed by atoms with E-state index in [4.69, 9.17) is 4.74 Å². The fourth-order valence-corrected chi connectivity index (χ4v) is 4.50. The fraction of sp³-hybridized carbons (Fsp3) is 0.417. The molecule has 1 unspecified atom stereocenters. The van der Waals surface area contributed by atoms with Crippen molar-refractivity contribution in [3.63, 3.8) is 0 Å². The van der Waals surface area contributed by atoms with Gasteiger partial charge in [-0.25, -0.2) is 8.42 Å². The van der Waals surface area contributed by atoms with Crippen LogP contribution in [0.5, 0.6) is 5.75 Å². The Bertz CT molecular complexity index is 1130. The maximum absolute atomic E-state index is 13.5. The number of ether oxygens (including phenoxy) is 1. The van der Waals surface area contributed by atoms with Crippen molar-refractivity contribution in [3.8, 4) is 5.75 Å². The van der Waals surface area contributed by atoms with Gasteiger partial charge in [0, 0.05) is 16.6 Å². The van der Waals surface area contributed by atoms with Crippen molar-refractivity contribution in [2.45, 2.75) is 45.8 Å². The van der Waals surface area contributed by atoms with Crippen molar-refractivity contribution in [2.75, 3.05) is 24.2 Å². The molecule has 2 aromatic rings. The molecule has 0 saturated carbocycles. The number of carbonyl (C=O) groups excluding carboxylic acids is 2. The number of amides is 2. The number of benzene rings is 2. The molecule has 2 aromatic carbocycles. The molecule has 34 heavy (non-hydrogen) atoms. The number of sulfonamides is 1. The molecule has 0 aliphatic heterocycles. The van der Waals surface area contributed by atoms with Crippen molar-refractivity contribution in [1.82, 2.24) is 10.2 Å². The van der Waals surface area contributed by atoms with E-state index >= 15 is 0 Å². The lowest BCUT2D eigenvalue weighted by atomic mass is 10.1. The van der Waals surface area contributed by atoms with Gasteiger partial charge >= 0.3 is 0 Å². The smallest absolute Gasteiger partial charge is 0.244 e. The van der Waals surface area contributed by atoms with Crippen LogP contribution in [0.2, 0.25) is 0 Å². The van der Waals surface area contributed by atoms with Gasteiger partial charge in [0.15, 0.2) is 0 Å². The Kier molecular flexibility index (Phi) is 9.13. The molecular weight excluding hydrogens is 522 g/mol. The molecule has 0 spiro atoms. The Morgan fingerprint density at radius 2 is 1.76 bits per heavy atom. The molecule has 0 bridgehead atoms. The van der Waals surface area contributed by atoms with E-state index in [1.54, 1.807) is 56.5 Å². The maximum atomic E-state index is 13.5. The summed E-state index contributed by atoms with van der Waals surface area (Å²) in [5, 5.41) is 2.89. The normalized spacial score (nSPS) is 12.6. The number of hydrogen-bond donors (Lipinski definition) is 1. The quantitative estimate of drug-likeness (QED) is 0.512. The first-order valence-electron chi connectivity index (χ1n) is 10.7. The van der Waals surface area contributed by atoms with E-state index in [1.807, 2.05) is 26.8 Å². The molecule has 0 fully saturated rings. The molecule has 0 saturated heterocycles. The van der Waals surface area contributed by atoms with E-state index in [1.165, 1.54) is 4.90 Å². The summed E-state index contributed by atoms with van der Waals surface area (Å²) in [7, 11) is -2.23. The topological polar surface area (TPSA) is 96.0 Å². The predicted octanol–water partition coefficient (Wildman–Crippen LogP) is 3.56. The van der Waals surface area contributed by atoms with Gasteiger partial charge in [0.05, 0.1) is 19.1 Å². The molecule has 0 aromatic heterocycles. The van der Waals surface area contributed by atoms with E-state index in [0.29, 0.717) is 15.9 Å². The largest absolute Gasteiger partial charge is 0.497 e. The number of rotatable bonds is 9. The molecule has 186 valence electrons.